The number of hydrogen-bond donors (Lipinski definition) is 1. The zero-order chi connectivity index (χ0) is 25.7. The number of rotatable bonds is 8. The number of nitrogens with zero attached hydrogens (tertiary/aromatic N) is 1. The van der Waals surface area contributed by atoms with E-state index in [2.05, 4.69) is 6.58 Å². The second-order valence-corrected chi connectivity index (χ2v) is 8.43. The molecule has 1 N–H and O–H groups in total. The number of aliphatic carboxylic acids is 1. The van der Waals surface area contributed by atoms with E-state index < -0.39 is 24.5 Å². The minimum atomic E-state index is -0.997. The van der Waals surface area contributed by atoms with Gasteiger partial charge in [-0.1, -0.05) is 30.8 Å². The van der Waals surface area contributed by atoms with Crippen molar-refractivity contribution in [2.75, 3.05) is 13.2 Å². The number of likely N-dealkylation sites (tertiary alicyclic amines) is 1. The summed E-state index contributed by atoms with van der Waals surface area (Å²) in [5.74, 6) is -1.52. The van der Waals surface area contributed by atoms with E-state index >= 15 is 0 Å². The Morgan fingerprint density at radius 3 is 2.61 bits per heavy atom. The first kappa shape index (κ1) is 24.9. The van der Waals surface area contributed by atoms with E-state index in [1.807, 2.05) is 0 Å². The first-order valence-corrected chi connectivity index (χ1v) is 11.4. The second kappa shape index (κ2) is 11.0. The summed E-state index contributed by atoms with van der Waals surface area (Å²) in [7, 11) is 0. The lowest BCUT2D eigenvalue weighted by molar-refractivity contribution is -0.141. The molecule has 0 unspecified atom stereocenters. The Balaban J connectivity index is 1.43. The van der Waals surface area contributed by atoms with E-state index in [4.69, 9.17) is 9.15 Å². The van der Waals surface area contributed by atoms with Crippen molar-refractivity contribution in [1.29, 1.82) is 0 Å². The highest BCUT2D eigenvalue weighted by atomic mass is 19.1. The minimum Gasteiger partial charge on any atom is -0.489 e. The quantitative estimate of drug-likeness (QED) is 0.512. The molecule has 0 radical (unpaired) electrons. The molecule has 0 saturated carbocycles. The molecule has 0 bridgehead atoms. The lowest BCUT2D eigenvalue weighted by Crippen LogP contribution is -2.40. The number of carboxylic acids is 1. The molecule has 1 fully saturated rings. The molecule has 1 saturated heterocycles. The van der Waals surface area contributed by atoms with Crippen molar-refractivity contribution in [2.24, 2.45) is 0 Å². The fourth-order valence-corrected chi connectivity index (χ4v) is 4.12. The molecule has 0 aliphatic carbocycles. The molecule has 2 aromatic carbocycles. The number of hydrogen-bond acceptors (Lipinski definition) is 4. The number of benzene rings is 2. The number of amides is 1. The number of alkyl halides is 1. The van der Waals surface area contributed by atoms with Crippen LogP contribution in [0, 0.1) is 0 Å². The molecule has 1 aliphatic heterocycles. The Morgan fingerprint density at radius 1 is 1.17 bits per heavy atom. The average Bonchev–Trinajstić information content (AvgIpc) is 3.55. The summed E-state index contributed by atoms with van der Waals surface area (Å²) in [6.07, 6.45) is 3.51. The summed E-state index contributed by atoms with van der Waals surface area (Å²) in [5, 5.41) is 9.72. The van der Waals surface area contributed by atoms with Crippen molar-refractivity contribution in [1.82, 2.24) is 4.90 Å². The van der Waals surface area contributed by atoms with Gasteiger partial charge >= 0.3 is 5.97 Å². The lowest BCUT2D eigenvalue weighted by Gasteiger charge is -2.21. The molecule has 3 aromatic rings. The molecule has 2 heterocycles. The molecule has 1 atom stereocenters. The van der Waals surface area contributed by atoms with Gasteiger partial charge in [-0.15, -0.1) is 0 Å². The Bertz CT molecular complexity index is 1390. The fraction of sp³-hybridized carbons (Fsp3) is 0.214. The molecule has 1 aromatic heterocycles. The maximum absolute atomic E-state index is 14.4. The zero-order valence-electron chi connectivity index (χ0n) is 19.5. The van der Waals surface area contributed by atoms with E-state index in [-0.39, 0.29) is 23.5 Å². The molecule has 1 amide bonds. The van der Waals surface area contributed by atoms with Crippen LogP contribution in [-0.4, -0.2) is 41.1 Å². The van der Waals surface area contributed by atoms with Gasteiger partial charge in [0.25, 0.3) is 5.91 Å². The average molecular weight is 494 g/mol. The number of allylic oxidation sites excluding steroid dienone is 2. The second-order valence-electron chi connectivity index (χ2n) is 8.43. The first-order valence-electron chi connectivity index (χ1n) is 11.4. The number of carboxylic acid groups (broad SMARTS) is 1. The van der Waals surface area contributed by atoms with Gasteiger partial charge in [0.2, 0.25) is 0 Å². The predicted octanol–water partition coefficient (Wildman–Crippen LogP) is 4.09. The molecule has 6 nitrogen and oxygen atoms in total. The molecule has 36 heavy (non-hydrogen) atoms. The first-order chi connectivity index (χ1) is 17.4. The topological polar surface area (TPSA) is 80.0 Å². The van der Waals surface area contributed by atoms with E-state index in [0.29, 0.717) is 41.5 Å². The van der Waals surface area contributed by atoms with Gasteiger partial charge in [0, 0.05) is 17.3 Å². The van der Waals surface area contributed by atoms with Crippen LogP contribution < -0.4 is 15.4 Å². The number of carbonyl (C=O) groups is 2. The van der Waals surface area contributed by atoms with E-state index in [1.165, 1.54) is 17.2 Å². The van der Waals surface area contributed by atoms with Crippen LogP contribution in [0.2, 0.25) is 0 Å². The summed E-state index contributed by atoms with van der Waals surface area (Å²) in [6.45, 7) is 3.38. The molecule has 8 heteroatoms. The number of ether oxygens (including phenoxy) is 1. The Hall–Kier alpha value is -4.20. The lowest BCUT2D eigenvalue weighted by atomic mass is 10.1. The van der Waals surface area contributed by atoms with Gasteiger partial charge in [-0.05, 0) is 65.9 Å². The normalized spacial score (nSPS) is 16.7. The van der Waals surface area contributed by atoms with Crippen molar-refractivity contribution in [2.45, 2.75) is 25.5 Å². The highest BCUT2D eigenvalue weighted by molar-refractivity contribution is 5.97. The predicted molar refractivity (Wildman–Crippen MR) is 131 cm³/mol. The number of halogens is 2. The molecule has 1 aliphatic rings. The highest BCUT2D eigenvalue weighted by Gasteiger charge is 2.34. The number of furan rings is 1. The summed E-state index contributed by atoms with van der Waals surface area (Å²) < 4.78 is 38.9. The van der Waals surface area contributed by atoms with Crippen LogP contribution in [0.3, 0.4) is 0 Å². The monoisotopic (exact) mass is 493 g/mol. The largest absolute Gasteiger partial charge is 0.489 e. The summed E-state index contributed by atoms with van der Waals surface area (Å²) in [4.78, 5) is 25.6. The smallest absolute Gasteiger partial charge is 0.326 e. The van der Waals surface area contributed by atoms with E-state index in [0.717, 1.165) is 11.6 Å². The van der Waals surface area contributed by atoms with E-state index in [1.54, 1.807) is 48.5 Å². The third kappa shape index (κ3) is 5.54. The van der Waals surface area contributed by atoms with Crippen molar-refractivity contribution in [3.8, 4) is 5.75 Å². The molecular weight excluding hydrogens is 468 g/mol. The molecule has 4 rings (SSSR count). The minimum absolute atomic E-state index is 0.0372. The molecule has 186 valence electrons. The van der Waals surface area contributed by atoms with Gasteiger partial charge in [0.1, 0.15) is 25.1 Å². The third-order valence-corrected chi connectivity index (χ3v) is 6.01. The SMILES string of the molecule is C=c1cco/c1=C(F)/C=C(\CF)c1ccc(OCc2cccc(C(=O)N3CCC[C@H]3C(=O)O)c2)cc1. The van der Waals surface area contributed by atoms with Crippen molar-refractivity contribution < 1.29 is 32.6 Å². The van der Waals surface area contributed by atoms with Gasteiger partial charge in [-0.25, -0.2) is 13.6 Å². The van der Waals surface area contributed by atoms with Crippen molar-refractivity contribution in [3.63, 3.8) is 0 Å². The van der Waals surface area contributed by atoms with Crippen LogP contribution in [0.4, 0.5) is 8.78 Å². The summed E-state index contributed by atoms with van der Waals surface area (Å²) in [5.41, 5.74) is 1.73. The van der Waals surface area contributed by atoms with Gasteiger partial charge in [0.15, 0.2) is 11.2 Å². The van der Waals surface area contributed by atoms with Gasteiger partial charge in [-0.2, -0.15) is 0 Å². The van der Waals surface area contributed by atoms with Crippen LogP contribution in [0.5, 0.6) is 5.75 Å². The Morgan fingerprint density at radius 2 is 1.94 bits per heavy atom. The number of carbonyl (C=O) groups excluding carboxylic acids is 1. The van der Waals surface area contributed by atoms with E-state index in [9.17, 15) is 23.5 Å². The third-order valence-electron chi connectivity index (χ3n) is 6.01. The highest BCUT2D eigenvalue weighted by Crippen LogP contribution is 2.23. The Labute approximate surface area is 206 Å². The van der Waals surface area contributed by atoms with Crippen LogP contribution in [0.25, 0.3) is 18.0 Å². The Kier molecular flexibility index (Phi) is 7.63. The summed E-state index contributed by atoms with van der Waals surface area (Å²) in [6, 6.07) is 14.1. The van der Waals surface area contributed by atoms with Crippen LogP contribution in [-0.2, 0) is 11.4 Å². The van der Waals surface area contributed by atoms with Crippen molar-refractivity contribution in [3.05, 3.63) is 94.3 Å². The standard InChI is InChI=1S/C28H25F2NO5/c1-18-11-13-35-26(18)24(30)15-22(16-29)20-7-9-23(10-8-20)36-17-19-4-2-5-21(14-19)27(32)31-12-3-6-25(31)28(33)34/h2,4-5,7-11,13-15,25H,1,3,6,12,16-17H2,(H,33,34)/b22-15+,26-24-/t25-/m0/s1. The van der Waals surface area contributed by atoms with Crippen LogP contribution >= 0.6 is 0 Å². The summed E-state index contributed by atoms with van der Waals surface area (Å²) >= 11 is 0. The van der Waals surface area contributed by atoms with Gasteiger partial charge in [-0.3, -0.25) is 4.79 Å². The zero-order valence-corrected chi connectivity index (χ0v) is 19.5. The van der Waals surface area contributed by atoms with Crippen LogP contribution in [0.1, 0.15) is 34.3 Å². The van der Waals surface area contributed by atoms with Gasteiger partial charge in [0.05, 0.1) is 6.26 Å². The van der Waals surface area contributed by atoms with Crippen LogP contribution in [0.15, 0.2) is 71.4 Å². The van der Waals surface area contributed by atoms with Gasteiger partial charge < -0.3 is 19.2 Å². The molecular formula is C28H25F2NO5. The fourth-order valence-electron chi connectivity index (χ4n) is 4.12. The van der Waals surface area contributed by atoms with Crippen molar-refractivity contribution >= 4 is 29.9 Å². The molecule has 0 spiro atoms. The maximum Gasteiger partial charge on any atom is 0.326 e. The maximum atomic E-state index is 14.4.